The van der Waals surface area contributed by atoms with Crippen molar-refractivity contribution in [2.45, 2.75) is 26.7 Å². The summed E-state index contributed by atoms with van der Waals surface area (Å²) in [4.78, 5) is 17.4. The molecule has 0 spiro atoms. The third-order valence-corrected chi connectivity index (χ3v) is 3.56. The molecule has 1 heterocycles. The third-order valence-electron chi connectivity index (χ3n) is 2.92. The molecule has 20 heavy (non-hydrogen) atoms. The maximum Gasteiger partial charge on any atom is 0.223 e. The fourth-order valence-corrected chi connectivity index (χ4v) is 2.35. The Balaban J connectivity index is 2.17. The summed E-state index contributed by atoms with van der Waals surface area (Å²) in [7, 11) is 1.75. The number of nitrogens with one attached hydrogen (secondary N) is 1. The molecule has 1 N–H and O–H groups in total. The SMILES string of the molecule is CC(=O)N(C)c1cccc(Nc2nc(C(C)C)ns2)c1. The van der Waals surface area contributed by atoms with Gasteiger partial charge in [0.2, 0.25) is 11.0 Å². The van der Waals surface area contributed by atoms with E-state index in [1.807, 2.05) is 24.3 Å². The van der Waals surface area contributed by atoms with Gasteiger partial charge in [0.25, 0.3) is 0 Å². The van der Waals surface area contributed by atoms with Crippen LogP contribution in [0.1, 0.15) is 32.5 Å². The Labute approximate surface area is 122 Å². The van der Waals surface area contributed by atoms with E-state index in [1.165, 1.54) is 11.5 Å². The van der Waals surface area contributed by atoms with Gasteiger partial charge in [-0.15, -0.1) is 0 Å². The number of nitrogens with zero attached hydrogens (tertiary/aromatic N) is 3. The van der Waals surface area contributed by atoms with Gasteiger partial charge in [0.15, 0.2) is 0 Å². The summed E-state index contributed by atoms with van der Waals surface area (Å²) in [5.41, 5.74) is 1.73. The van der Waals surface area contributed by atoms with Crippen molar-refractivity contribution in [3.05, 3.63) is 30.1 Å². The summed E-state index contributed by atoms with van der Waals surface area (Å²) in [6, 6.07) is 7.65. The van der Waals surface area contributed by atoms with E-state index in [4.69, 9.17) is 0 Å². The molecular formula is C14H18N4OS. The summed E-state index contributed by atoms with van der Waals surface area (Å²) in [6.07, 6.45) is 0. The number of benzene rings is 1. The number of aromatic nitrogens is 2. The van der Waals surface area contributed by atoms with Crippen LogP contribution in [-0.4, -0.2) is 22.3 Å². The average Bonchev–Trinajstić information content (AvgIpc) is 2.86. The second-order valence-electron chi connectivity index (χ2n) is 4.87. The average molecular weight is 290 g/mol. The van der Waals surface area contributed by atoms with Crippen molar-refractivity contribution in [2.75, 3.05) is 17.3 Å². The summed E-state index contributed by atoms with van der Waals surface area (Å²) >= 11 is 1.34. The van der Waals surface area contributed by atoms with E-state index < -0.39 is 0 Å². The molecule has 0 aliphatic carbocycles. The summed E-state index contributed by atoms with van der Waals surface area (Å²) in [5.74, 6) is 1.16. The van der Waals surface area contributed by atoms with Crippen molar-refractivity contribution >= 4 is 33.9 Å². The molecule has 0 atom stereocenters. The lowest BCUT2D eigenvalue weighted by atomic mass is 10.2. The fourth-order valence-electron chi connectivity index (χ4n) is 1.62. The van der Waals surface area contributed by atoms with E-state index in [2.05, 4.69) is 28.5 Å². The highest BCUT2D eigenvalue weighted by atomic mass is 32.1. The Morgan fingerprint density at radius 1 is 1.40 bits per heavy atom. The Bertz CT molecular complexity index is 609. The van der Waals surface area contributed by atoms with Gasteiger partial charge in [-0.3, -0.25) is 4.79 Å². The minimum absolute atomic E-state index is 0.000148. The van der Waals surface area contributed by atoms with Crippen LogP contribution >= 0.6 is 11.5 Å². The first-order chi connectivity index (χ1) is 9.47. The van der Waals surface area contributed by atoms with Crippen molar-refractivity contribution in [2.24, 2.45) is 0 Å². The molecular weight excluding hydrogens is 272 g/mol. The maximum absolute atomic E-state index is 11.4. The molecule has 0 radical (unpaired) electrons. The highest BCUT2D eigenvalue weighted by Gasteiger charge is 2.09. The van der Waals surface area contributed by atoms with Gasteiger partial charge in [0, 0.05) is 42.8 Å². The quantitative estimate of drug-likeness (QED) is 0.937. The van der Waals surface area contributed by atoms with Crippen LogP contribution in [0.4, 0.5) is 16.5 Å². The van der Waals surface area contributed by atoms with Gasteiger partial charge in [-0.1, -0.05) is 19.9 Å². The topological polar surface area (TPSA) is 58.1 Å². The molecule has 0 bridgehead atoms. The largest absolute Gasteiger partial charge is 0.330 e. The summed E-state index contributed by atoms with van der Waals surface area (Å²) in [5, 5.41) is 3.98. The molecule has 0 aliphatic heterocycles. The molecule has 2 aromatic rings. The Morgan fingerprint density at radius 3 is 2.75 bits per heavy atom. The molecule has 1 aromatic heterocycles. The first-order valence-electron chi connectivity index (χ1n) is 6.42. The van der Waals surface area contributed by atoms with Crippen LogP contribution in [0.25, 0.3) is 0 Å². The van der Waals surface area contributed by atoms with Gasteiger partial charge in [0.05, 0.1) is 0 Å². The number of carbonyl (C=O) groups excluding carboxylic acids is 1. The molecule has 6 heteroatoms. The standard InChI is InChI=1S/C14H18N4OS/c1-9(2)13-16-14(20-17-13)15-11-6-5-7-12(8-11)18(4)10(3)19/h5-9H,1-4H3,(H,15,16,17). The molecule has 0 saturated carbocycles. The molecule has 1 aromatic carbocycles. The van der Waals surface area contributed by atoms with Gasteiger partial charge >= 0.3 is 0 Å². The van der Waals surface area contributed by atoms with Crippen LogP contribution in [-0.2, 0) is 4.79 Å². The van der Waals surface area contributed by atoms with E-state index in [-0.39, 0.29) is 5.91 Å². The molecule has 1 amide bonds. The van der Waals surface area contributed by atoms with Crippen LogP contribution in [0.2, 0.25) is 0 Å². The smallest absolute Gasteiger partial charge is 0.223 e. The van der Waals surface area contributed by atoms with Crippen LogP contribution in [0.15, 0.2) is 24.3 Å². The maximum atomic E-state index is 11.4. The monoisotopic (exact) mass is 290 g/mol. The van der Waals surface area contributed by atoms with E-state index in [1.54, 1.807) is 18.9 Å². The van der Waals surface area contributed by atoms with Crippen molar-refractivity contribution in [3.8, 4) is 0 Å². The van der Waals surface area contributed by atoms with Crippen LogP contribution < -0.4 is 10.2 Å². The van der Waals surface area contributed by atoms with Crippen molar-refractivity contribution in [1.82, 2.24) is 9.36 Å². The summed E-state index contributed by atoms with van der Waals surface area (Å²) < 4.78 is 4.30. The van der Waals surface area contributed by atoms with Gasteiger partial charge < -0.3 is 10.2 Å². The normalized spacial score (nSPS) is 10.7. The fraction of sp³-hybridized carbons (Fsp3) is 0.357. The molecule has 106 valence electrons. The van der Waals surface area contributed by atoms with Crippen molar-refractivity contribution < 1.29 is 4.79 Å². The first kappa shape index (κ1) is 14.5. The number of rotatable bonds is 4. The van der Waals surface area contributed by atoms with Crippen LogP contribution in [0.3, 0.4) is 0 Å². The molecule has 5 nitrogen and oxygen atoms in total. The Hall–Kier alpha value is -1.95. The number of carbonyl (C=O) groups is 1. The zero-order valence-electron chi connectivity index (χ0n) is 12.0. The second-order valence-corrected chi connectivity index (χ2v) is 5.62. The Morgan fingerprint density at radius 2 is 2.15 bits per heavy atom. The molecule has 0 aliphatic rings. The predicted octanol–water partition coefficient (Wildman–Crippen LogP) is 3.39. The lowest BCUT2D eigenvalue weighted by Gasteiger charge is -2.15. The van der Waals surface area contributed by atoms with Gasteiger partial charge in [-0.05, 0) is 18.2 Å². The van der Waals surface area contributed by atoms with Crippen molar-refractivity contribution in [3.63, 3.8) is 0 Å². The van der Waals surface area contributed by atoms with Crippen LogP contribution in [0, 0.1) is 0 Å². The minimum Gasteiger partial charge on any atom is -0.330 e. The van der Waals surface area contributed by atoms with E-state index in [0.29, 0.717) is 5.92 Å². The number of anilines is 3. The van der Waals surface area contributed by atoms with Crippen molar-refractivity contribution in [1.29, 1.82) is 0 Å². The minimum atomic E-state index is 0.000148. The Kier molecular flexibility index (Phi) is 4.34. The van der Waals surface area contributed by atoms with E-state index in [0.717, 1.165) is 22.3 Å². The van der Waals surface area contributed by atoms with E-state index in [9.17, 15) is 4.79 Å². The molecule has 0 fully saturated rings. The third kappa shape index (κ3) is 3.33. The number of hydrogen-bond acceptors (Lipinski definition) is 5. The zero-order chi connectivity index (χ0) is 14.7. The summed E-state index contributed by atoms with van der Waals surface area (Å²) in [6.45, 7) is 5.67. The highest BCUT2D eigenvalue weighted by molar-refractivity contribution is 7.09. The van der Waals surface area contributed by atoms with Gasteiger partial charge in [0.1, 0.15) is 5.82 Å². The molecule has 2 rings (SSSR count). The van der Waals surface area contributed by atoms with Gasteiger partial charge in [-0.2, -0.15) is 4.37 Å². The van der Waals surface area contributed by atoms with Gasteiger partial charge in [-0.25, -0.2) is 4.98 Å². The van der Waals surface area contributed by atoms with E-state index >= 15 is 0 Å². The van der Waals surface area contributed by atoms with Crippen LogP contribution in [0.5, 0.6) is 0 Å². The number of hydrogen-bond donors (Lipinski definition) is 1. The zero-order valence-corrected chi connectivity index (χ0v) is 12.9. The highest BCUT2D eigenvalue weighted by Crippen LogP contribution is 2.24. The molecule has 0 saturated heterocycles. The lowest BCUT2D eigenvalue weighted by molar-refractivity contribution is -0.116. The first-order valence-corrected chi connectivity index (χ1v) is 7.19. The molecule has 0 unspecified atom stereocenters. The predicted molar refractivity (Wildman–Crippen MR) is 82.8 cm³/mol. The lowest BCUT2D eigenvalue weighted by Crippen LogP contribution is -2.22. The second kappa shape index (κ2) is 6.00. The number of amides is 1.